The minimum absolute atomic E-state index is 0.141. The monoisotopic (exact) mass is 291 g/mol. The summed E-state index contributed by atoms with van der Waals surface area (Å²) in [5.41, 5.74) is 4.27. The zero-order chi connectivity index (χ0) is 15.5. The summed E-state index contributed by atoms with van der Waals surface area (Å²) in [5.74, 6) is -0.141. The highest BCUT2D eigenvalue weighted by Crippen LogP contribution is 2.24. The standard InChI is InChI=1S/C18H17N3O/c1-13-8-10-14(11-9-13)17-16(18(22)19-2)12-21(20-17)15-6-4-3-5-7-15/h3-12H,1-2H3,(H,19,22). The summed E-state index contributed by atoms with van der Waals surface area (Å²) in [7, 11) is 1.63. The molecule has 0 radical (unpaired) electrons. The van der Waals surface area contributed by atoms with Crippen LogP contribution in [0.4, 0.5) is 0 Å². The van der Waals surface area contributed by atoms with Crippen molar-refractivity contribution < 1.29 is 4.79 Å². The lowest BCUT2D eigenvalue weighted by molar-refractivity contribution is 0.0963. The van der Waals surface area contributed by atoms with Crippen molar-refractivity contribution in [3.8, 4) is 16.9 Å². The Bertz CT molecular complexity index is 789. The average Bonchev–Trinajstić information content (AvgIpc) is 3.01. The summed E-state index contributed by atoms with van der Waals surface area (Å²) in [6.45, 7) is 2.03. The lowest BCUT2D eigenvalue weighted by atomic mass is 10.1. The largest absolute Gasteiger partial charge is 0.355 e. The number of carbonyl (C=O) groups is 1. The average molecular weight is 291 g/mol. The van der Waals surface area contributed by atoms with Crippen molar-refractivity contribution in [3.05, 3.63) is 71.9 Å². The van der Waals surface area contributed by atoms with Gasteiger partial charge in [0.25, 0.3) is 5.91 Å². The molecule has 0 atom stereocenters. The van der Waals surface area contributed by atoms with Gasteiger partial charge in [-0.15, -0.1) is 0 Å². The van der Waals surface area contributed by atoms with Crippen molar-refractivity contribution >= 4 is 5.91 Å². The van der Waals surface area contributed by atoms with Gasteiger partial charge >= 0.3 is 0 Å². The number of aryl methyl sites for hydroxylation is 1. The molecule has 1 heterocycles. The SMILES string of the molecule is CNC(=O)c1cn(-c2ccccc2)nc1-c1ccc(C)cc1. The van der Waals surface area contributed by atoms with Gasteiger partial charge in [-0.3, -0.25) is 4.79 Å². The fourth-order valence-electron chi connectivity index (χ4n) is 2.31. The highest BCUT2D eigenvalue weighted by Gasteiger charge is 2.17. The van der Waals surface area contributed by atoms with Gasteiger partial charge in [0.15, 0.2) is 0 Å². The van der Waals surface area contributed by atoms with Gasteiger partial charge in [0.1, 0.15) is 5.69 Å². The molecule has 1 aromatic heterocycles. The maximum absolute atomic E-state index is 12.2. The second-order valence-corrected chi connectivity index (χ2v) is 5.12. The number of amides is 1. The van der Waals surface area contributed by atoms with E-state index in [0.717, 1.165) is 11.3 Å². The molecule has 0 saturated heterocycles. The van der Waals surface area contributed by atoms with Crippen LogP contribution in [0.15, 0.2) is 60.8 Å². The van der Waals surface area contributed by atoms with Crippen molar-refractivity contribution in [2.45, 2.75) is 6.92 Å². The minimum Gasteiger partial charge on any atom is -0.355 e. The van der Waals surface area contributed by atoms with Crippen molar-refractivity contribution in [1.29, 1.82) is 0 Å². The predicted octanol–water partition coefficient (Wildman–Crippen LogP) is 3.21. The molecule has 110 valence electrons. The summed E-state index contributed by atoms with van der Waals surface area (Å²) < 4.78 is 1.74. The number of benzene rings is 2. The van der Waals surface area contributed by atoms with Crippen molar-refractivity contribution in [1.82, 2.24) is 15.1 Å². The molecule has 0 saturated carbocycles. The first-order valence-corrected chi connectivity index (χ1v) is 7.13. The summed E-state index contributed by atoms with van der Waals surface area (Å²) in [6, 6.07) is 17.8. The maximum atomic E-state index is 12.2. The molecule has 0 aliphatic heterocycles. The van der Waals surface area contributed by atoms with Gasteiger partial charge in [0.05, 0.1) is 11.3 Å². The normalized spacial score (nSPS) is 10.5. The van der Waals surface area contributed by atoms with E-state index < -0.39 is 0 Å². The van der Waals surface area contributed by atoms with Gasteiger partial charge in [-0.2, -0.15) is 5.10 Å². The molecule has 0 fully saturated rings. The quantitative estimate of drug-likeness (QED) is 0.805. The molecule has 4 heteroatoms. The number of carbonyl (C=O) groups excluding carboxylic acids is 1. The molecule has 0 unspecified atom stereocenters. The van der Waals surface area contributed by atoms with Crippen LogP contribution in [-0.2, 0) is 0 Å². The van der Waals surface area contributed by atoms with Crippen LogP contribution < -0.4 is 5.32 Å². The van der Waals surface area contributed by atoms with E-state index in [1.165, 1.54) is 5.56 Å². The molecule has 0 aliphatic carbocycles. The number of para-hydroxylation sites is 1. The number of nitrogens with one attached hydrogen (secondary N) is 1. The Morgan fingerprint density at radius 3 is 2.36 bits per heavy atom. The van der Waals surface area contributed by atoms with Crippen LogP contribution in [-0.4, -0.2) is 22.7 Å². The second-order valence-electron chi connectivity index (χ2n) is 5.12. The Hall–Kier alpha value is -2.88. The van der Waals surface area contributed by atoms with Crippen molar-refractivity contribution in [2.24, 2.45) is 0 Å². The van der Waals surface area contributed by atoms with E-state index in [4.69, 9.17) is 0 Å². The van der Waals surface area contributed by atoms with Crippen LogP contribution in [0, 0.1) is 6.92 Å². The molecule has 1 amide bonds. The highest BCUT2D eigenvalue weighted by molar-refractivity contribution is 5.99. The van der Waals surface area contributed by atoms with Crippen LogP contribution in [0.25, 0.3) is 16.9 Å². The molecule has 0 aliphatic rings. The Balaban J connectivity index is 2.13. The summed E-state index contributed by atoms with van der Waals surface area (Å²) in [4.78, 5) is 12.2. The predicted molar refractivity (Wildman–Crippen MR) is 87.1 cm³/mol. The van der Waals surface area contributed by atoms with Crippen molar-refractivity contribution in [2.75, 3.05) is 7.05 Å². The zero-order valence-electron chi connectivity index (χ0n) is 12.6. The van der Waals surface area contributed by atoms with E-state index in [0.29, 0.717) is 11.3 Å². The first-order chi connectivity index (χ1) is 10.7. The number of rotatable bonds is 3. The molecular weight excluding hydrogens is 274 g/mol. The minimum atomic E-state index is -0.141. The Kier molecular flexibility index (Phi) is 3.74. The van der Waals surface area contributed by atoms with Gasteiger partial charge in [-0.25, -0.2) is 4.68 Å². The summed E-state index contributed by atoms with van der Waals surface area (Å²) in [6.07, 6.45) is 1.77. The Morgan fingerprint density at radius 1 is 1.05 bits per heavy atom. The van der Waals surface area contributed by atoms with E-state index in [9.17, 15) is 4.79 Å². The second kappa shape index (κ2) is 5.85. The van der Waals surface area contributed by atoms with Crippen LogP contribution in [0.5, 0.6) is 0 Å². The van der Waals surface area contributed by atoms with E-state index >= 15 is 0 Å². The molecule has 1 N–H and O–H groups in total. The summed E-state index contributed by atoms with van der Waals surface area (Å²) in [5, 5.41) is 7.28. The van der Waals surface area contributed by atoms with Crippen molar-refractivity contribution in [3.63, 3.8) is 0 Å². The van der Waals surface area contributed by atoms with E-state index in [1.54, 1.807) is 17.9 Å². The highest BCUT2D eigenvalue weighted by atomic mass is 16.1. The van der Waals surface area contributed by atoms with Crippen LogP contribution in [0.2, 0.25) is 0 Å². The van der Waals surface area contributed by atoms with Crippen LogP contribution >= 0.6 is 0 Å². The van der Waals surface area contributed by atoms with Gasteiger partial charge in [0.2, 0.25) is 0 Å². The fraction of sp³-hybridized carbons (Fsp3) is 0.111. The number of hydrogen-bond acceptors (Lipinski definition) is 2. The smallest absolute Gasteiger partial charge is 0.254 e. The molecule has 0 spiro atoms. The van der Waals surface area contributed by atoms with E-state index in [-0.39, 0.29) is 5.91 Å². The molecule has 3 aromatic rings. The van der Waals surface area contributed by atoms with Gasteiger partial charge < -0.3 is 5.32 Å². The molecule has 2 aromatic carbocycles. The Morgan fingerprint density at radius 2 is 1.73 bits per heavy atom. The van der Waals surface area contributed by atoms with Gasteiger partial charge in [-0.05, 0) is 19.1 Å². The number of hydrogen-bond donors (Lipinski definition) is 1. The molecular formula is C18H17N3O. The molecule has 3 rings (SSSR count). The molecule has 22 heavy (non-hydrogen) atoms. The van der Waals surface area contributed by atoms with Crippen LogP contribution in [0.3, 0.4) is 0 Å². The lowest BCUT2D eigenvalue weighted by Gasteiger charge is -2.02. The first-order valence-electron chi connectivity index (χ1n) is 7.13. The fourth-order valence-corrected chi connectivity index (χ4v) is 2.31. The third kappa shape index (κ3) is 2.63. The maximum Gasteiger partial charge on any atom is 0.254 e. The third-order valence-corrected chi connectivity index (χ3v) is 3.53. The number of aromatic nitrogens is 2. The van der Waals surface area contributed by atoms with E-state index in [1.807, 2.05) is 61.5 Å². The van der Waals surface area contributed by atoms with Gasteiger partial charge in [0, 0.05) is 18.8 Å². The zero-order valence-corrected chi connectivity index (χ0v) is 12.6. The third-order valence-electron chi connectivity index (χ3n) is 3.53. The van der Waals surface area contributed by atoms with Crippen LogP contribution in [0.1, 0.15) is 15.9 Å². The molecule has 0 bridgehead atoms. The lowest BCUT2D eigenvalue weighted by Crippen LogP contribution is -2.17. The topological polar surface area (TPSA) is 46.9 Å². The number of nitrogens with zero attached hydrogens (tertiary/aromatic N) is 2. The molecule has 4 nitrogen and oxygen atoms in total. The Labute approximate surface area is 129 Å². The first kappa shape index (κ1) is 14.1. The summed E-state index contributed by atoms with van der Waals surface area (Å²) >= 11 is 0. The van der Waals surface area contributed by atoms with E-state index in [2.05, 4.69) is 10.4 Å². The van der Waals surface area contributed by atoms with Gasteiger partial charge in [-0.1, -0.05) is 48.0 Å².